The van der Waals surface area contributed by atoms with E-state index in [0.29, 0.717) is 6.54 Å². The average Bonchev–Trinajstić information content (AvgIpc) is 2.95. The third kappa shape index (κ3) is 2.18. The molecule has 2 heterocycles. The molecule has 2 atom stereocenters. The average molecular weight is 316 g/mol. The van der Waals surface area contributed by atoms with Gasteiger partial charge in [0.15, 0.2) is 0 Å². The van der Waals surface area contributed by atoms with Crippen LogP contribution in [0.15, 0.2) is 23.1 Å². The summed E-state index contributed by atoms with van der Waals surface area (Å²) in [4.78, 5) is -0.580. The summed E-state index contributed by atoms with van der Waals surface area (Å²) in [5.41, 5.74) is -0.619. The standard InChI is InChI=1S/C14H18F2N2O2S/c1-14(2)11-7-17-6-9(11)8-18(14)21(19,20)13-5-10(15)3-4-12(13)16/h3-5,9,11,17H,6-8H2,1-2H3. The number of nitrogens with one attached hydrogen (secondary N) is 1. The highest BCUT2D eigenvalue weighted by molar-refractivity contribution is 7.89. The molecule has 1 aromatic carbocycles. The first kappa shape index (κ1) is 14.9. The van der Waals surface area contributed by atoms with Crippen LogP contribution in [0.5, 0.6) is 0 Å². The zero-order valence-electron chi connectivity index (χ0n) is 11.9. The van der Waals surface area contributed by atoms with Crippen LogP contribution in [0.1, 0.15) is 13.8 Å². The summed E-state index contributed by atoms with van der Waals surface area (Å²) in [7, 11) is -4.05. The van der Waals surface area contributed by atoms with E-state index in [1.807, 2.05) is 13.8 Å². The monoisotopic (exact) mass is 316 g/mol. The molecule has 2 saturated heterocycles. The lowest BCUT2D eigenvalue weighted by Crippen LogP contribution is -2.47. The Hall–Kier alpha value is -1.05. The lowest BCUT2D eigenvalue weighted by Gasteiger charge is -2.34. The van der Waals surface area contributed by atoms with Crippen molar-refractivity contribution in [2.45, 2.75) is 24.3 Å². The van der Waals surface area contributed by atoms with Crippen LogP contribution in [0.25, 0.3) is 0 Å². The van der Waals surface area contributed by atoms with Gasteiger partial charge < -0.3 is 5.32 Å². The number of rotatable bonds is 2. The molecule has 2 unspecified atom stereocenters. The largest absolute Gasteiger partial charge is 0.316 e. The van der Waals surface area contributed by atoms with Crippen LogP contribution in [0.3, 0.4) is 0 Å². The summed E-state index contributed by atoms with van der Waals surface area (Å²) < 4.78 is 54.0. The molecule has 1 N–H and O–H groups in total. The third-order valence-corrected chi connectivity index (χ3v) is 6.82. The fourth-order valence-corrected chi connectivity index (χ4v) is 5.54. The predicted octanol–water partition coefficient (Wildman–Crippen LogP) is 1.58. The zero-order chi connectivity index (χ0) is 15.4. The number of benzene rings is 1. The summed E-state index contributed by atoms with van der Waals surface area (Å²) in [5.74, 6) is -1.27. The molecule has 116 valence electrons. The molecule has 0 aliphatic carbocycles. The van der Waals surface area contributed by atoms with Gasteiger partial charge in [-0.1, -0.05) is 0 Å². The van der Waals surface area contributed by atoms with Crippen molar-refractivity contribution in [2.24, 2.45) is 11.8 Å². The maximum absolute atomic E-state index is 13.9. The number of nitrogens with zero attached hydrogens (tertiary/aromatic N) is 1. The van der Waals surface area contributed by atoms with Gasteiger partial charge >= 0.3 is 0 Å². The van der Waals surface area contributed by atoms with Gasteiger partial charge in [0, 0.05) is 18.6 Å². The predicted molar refractivity (Wildman–Crippen MR) is 74.2 cm³/mol. The summed E-state index contributed by atoms with van der Waals surface area (Å²) in [5, 5.41) is 3.26. The van der Waals surface area contributed by atoms with E-state index in [-0.39, 0.29) is 11.8 Å². The molecule has 0 bridgehead atoms. The fraction of sp³-hybridized carbons (Fsp3) is 0.571. The molecule has 7 heteroatoms. The van der Waals surface area contributed by atoms with Crippen molar-refractivity contribution in [3.05, 3.63) is 29.8 Å². The Balaban J connectivity index is 2.05. The van der Waals surface area contributed by atoms with E-state index in [0.717, 1.165) is 31.3 Å². The highest BCUT2D eigenvalue weighted by Crippen LogP contribution is 2.43. The summed E-state index contributed by atoms with van der Waals surface area (Å²) in [6.07, 6.45) is 0. The van der Waals surface area contributed by atoms with Gasteiger partial charge in [0.25, 0.3) is 0 Å². The van der Waals surface area contributed by atoms with E-state index in [2.05, 4.69) is 5.32 Å². The van der Waals surface area contributed by atoms with Crippen molar-refractivity contribution in [2.75, 3.05) is 19.6 Å². The van der Waals surface area contributed by atoms with Gasteiger partial charge in [-0.15, -0.1) is 0 Å². The van der Waals surface area contributed by atoms with E-state index in [1.54, 1.807) is 0 Å². The van der Waals surface area contributed by atoms with Crippen molar-refractivity contribution >= 4 is 10.0 Å². The van der Waals surface area contributed by atoms with Gasteiger partial charge in [-0.2, -0.15) is 4.31 Å². The van der Waals surface area contributed by atoms with E-state index in [4.69, 9.17) is 0 Å². The second kappa shape index (κ2) is 4.72. The van der Waals surface area contributed by atoms with Crippen molar-refractivity contribution in [3.63, 3.8) is 0 Å². The molecular weight excluding hydrogens is 298 g/mol. The van der Waals surface area contributed by atoms with Crippen molar-refractivity contribution in [3.8, 4) is 0 Å². The number of fused-ring (bicyclic) bond motifs is 1. The minimum Gasteiger partial charge on any atom is -0.316 e. The Bertz CT molecular complexity index is 676. The highest BCUT2D eigenvalue weighted by atomic mass is 32.2. The van der Waals surface area contributed by atoms with Crippen LogP contribution in [0.4, 0.5) is 8.78 Å². The molecule has 0 aromatic heterocycles. The molecule has 2 aliphatic rings. The molecule has 4 nitrogen and oxygen atoms in total. The van der Waals surface area contributed by atoms with Gasteiger partial charge in [-0.05, 0) is 50.4 Å². The Labute approximate surface area is 123 Å². The molecule has 0 radical (unpaired) electrons. The summed E-state index contributed by atoms with van der Waals surface area (Å²) >= 11 is 0. The topological polar surface area (TPSA) is 49.4 Å². The van der Waals surface area contributed by atoms with Gasteiger partial charge in [0.05, 0.1) is 0 Å². The quantitative estimate of drug-likeness (QED) is 0.901. The molecule has 21 heavy (non-hydrogen) atoms. The molecule has 0 saturated carbocycles. The molecule has 3 rings (SSSR count). The van der Waals surface area contributed by atoms with Crippen molar-refractivity contribution in [1.82, 2.24) is 9.62 Å². The van der Waals surface area contributed by atoms with Crippen molar-refractivity contribution in [1.29, 1.82) is 0 Å². The van der Waals surface area contributed by atoms with E-state index in [9.17, 15) is 17.2 Å². The van der Waals surface area contributed by atoms with E-state index >= 15 is 0 Å². The van der Waals surface area contributed by atoms with Gasteiger partial charge in [-0.3, -0.25) is 0 Å². The minimum absolute atomic E-state index is 0.184. The first-order chi connectivity index (χ1) is 9.74. The number of halogens is 2. The van der Waals surface area contributed by atoms with E-state index in [1.165, 1.54) is 4.31 Å². The van der Waals surface area contributed by atoms with Crippen LogP contribution >= 0.6 is 0 Å². The van der Waals surface area contributed by atoms with E-state index < -0.39 is 32.1 Å². The minimum atomic E-state index is -4.05. The second-order valence-electron chi connectivity index (χ2n) is 6.29. The molecule has 1 aromatic rings. The Kier molecular flexibility index (Phi) is 3.35. The normalized spacial score (nSPS) is 28.8. The molecule has 0 spiro atoms. The van der Waals surface area contributed by atoms with Gasteiger partial charge in [0.2, 0.25) is 10.0 Å². The number of hydrogen-bond acceptors (Lipinski definition) is 3. The summed E-state index contributed by atoms with van der Waals surface area (Å²) in [6.45, 7) is 5.53. The smallest absolute Gasteiger partial charge is 0.246 e. The van der Waals surface area contributed by atoms with Crippen LogP contribution in [-0.4, -0.2) is 37.9 Å². The van der Waals surface area contributed by atoms with Crippen LogP contribution in [0, 0.1) is 23.5 Å². The SMILES string of the molecule is CC1(C)C2CNCC2CN1S(=O)(=O)c1cc(F)ccc1F. The second-order valence-corrected chi connectivity index (χ2v) is 8.12. The van der Waals surface area contributed by atoms with Crippen LogP contribution in [0.2, 0.25) is 0 Å². The Morgan fingerprint density at radius 2 is 2.00 bits per heavy atom. The van der Waals surface area contributed by atoms with Crippen molar-refractivity contribution < 1.29 is 17.2 Å². The third-order valence-electron chi connectivity index (χ3n) is 4.75. The number of sulfonamides is 1. The fourth-order valence-electron chi connectivity index (χ4n) is 3.59. The highest BCUT2D eigenvalue weighted by Gasteiger charge is 2.54. The van der Waals surface area contributed by atoms with Gasteiger partial charge in [0.1, 0.15) is 16.5 Å². The maximum Gasteiger partial charge on any atom is 0.246 e. The molecule has 2 fully saturated rings. The van der Waals surface area contributed by atoms with Crippen LogP contribution in [-0.2, 0) is 10.0 Å². The molecular formula is C14H18F2N2O2S. The lowest BCUT2D eigenvalue weighted by atomic mass is 9.85. The molecule has 2 aliphatic heterocycles. The maximum atomic E-state index is 13.9. The Morgan fingerprint density at radius 3 is 2.67 bits per heavy atom. The van der Waals surface area contributed by atoms with Gasteiger partial charge in [-0.25, -0.2) is 17.2 Å². The summed E-state index contributed by atoms with van der Waals surface area (Å²) in [6, 6.07) is 2.53. The lowest BCUT2D eigenvalue weighted by molar-refractivity contribution is 0.232. The molecule has 0 amide bonds. The first-order valence-electron chi connectivity index (χ1n) is 6.93. The van der Waals surface area contributed by atoms with Crippen LogP contribution < -0.4 is 5.32 Å². The Morgan fingerprint density at radius 1 is 1.29 bits per heavy atom. The number of hydrogen-bond donors (Lipinski definition) is 1. The first-order valence-corrected chi connectivity index (χ1v) is 8.37. The zero-order valence-corrected chi connectivity index (χ0v) is 12.8.